The molecular weight excluding hydrogens is 295 g/mol. The molecule has 0 rings (SSSR count). The number of sulfonamides is 1. The normalized spacial score (nSPS) is 17.7. The first-order chi connectivity index (χ1) is 8.21. The van der Waals surface area contributed by atoms with Crippen LogP contribution in [0.25, 0.3) is 0 Å². The highest BCUT2D eigenvalue weighted by Crippen LogP contribution is 2.60. The third-order valence-corrected chi connectivity index (χ3v) is 10.6. The molecule has 110 valence electrons. The van der Waals surface area contributed by atoms with Gasteiger partial charge in [-0.05, 0) is 13.5 Å². The van der Waals surface area contributed by atoms with Crippen molar-refractivity contribution in [2.75, 3.05) is 33.6 Å². The van der Waals surface area contributed by atoms with Crippen molar-refractivity contribution in [2.24, 2.45) is 0 Å². The fraction of sp³-hybridized carbons (Fsp3) is 1.00. The number of hydrogen-bond donors (Lipinski definition) is 1. The number of rotatable bonds is 9. The zero-order valence-corrected chi connectivity index (χ0v) is 14.1. The summed E-state index contributed by atoms with van der Waals surface area (Å²) in [6.07, 6.45) is 1.88. The Morgan fingerprint density at radius 2 is 2.06 bits per heavy atom. The molecule has 0 amide bonds. The first-order valence-corrected chi connectivity index (χ1v) is 10.6. The summed E-state index contributed by atoms with van der Waals surface area (Å²) in [6, 6.07) is 0. The molecule has 2 atom stereocenters. The Balaban J connectivity index is 5.19. The van der Waals surface area contributed by atoms with Gasteiger partial charge in [0, 0.05) is 18.9 Å². The van der Waals surface area contributed by atoms with Gasteiger partial charge in [0.25, 0.3) is 6.65 Å². The lowest BCUT2D eigenvalue weighted by molar-refractivity contribution is 0.193. The molecule has 0 bridgehead atoms. The summed E-state index contributed by atoms with van der Waals surface area (Å²) in [6.45, 7) is 0.978. The molecule has 0 aromatic rings. The molecule has 9 heteroatoms. The van der Waals surface area contributed by atoms with Crippen molar-refractivity contribution in [3.63, 3.8) is 0 Å². The highest BCUT2D eigenvalue weighted by Gasteiger charge is 2.37. The standard InChI is InChI=1S/C9H23N2O4PS2/c1-6-9(2)17-16(12,10-3)11(7-8-15-4)18(5,13)14/h9H,6-8H2,1-5H3,(H,10,12). The van der Waals surface area contributed by atoms with Crippen molar-refractivity contribution in [1.29, 1.82) is 0 Å². The smallest absolute Gasteiger partial charge is 0.282 e. The van der Waals surface area contributed by atoms with E-state index in [1.807, 2.05) is 13.8 Å². The van der Waals surface area contributed by atoms with Crippen molar-refractivity contribution in [2.45, 2.75) is 25.5 Å². The maximum atomic E-state index is 12.7. The highest BCUT2D eigenvalue weighted by molar-refractivity contribution is 8.58. The molecule has 0 aliphatic rings. The monoisotopic (exact) mass is 318 g/mol. The number of ether oxygens (including phenoxy) is 1. The van der Waals surface area contributed by atoms with E-state index in [1.54, 1.807) is 0 Å². The molecule has 0 fully saturated rings. The van der Waals surface area contributed by atoms with E-state index in [0.717, 1.165) is 16.8 Å². The average Bonchev–Trinajstić information content (AvgIpc) is 2.27. The van der Waals surface area contributed by atoms with Crippen LogP contribution in [0.4, 0.5) is 0 Å². The lowest BCUT2D eigenvalue weighted by atomic mass is 10.4. The van der Waals surface area contributed by atoms with Crippen LogP contribution in [0.3, 0.4) is 0 Å². The van der Waals surface area contributed by atoms with Gasteiger partial charge in [-0.1, -0.05) is 25.2 Å². The molecule has 0 heterocycles. The highest BCUT2D eigenvalue weighted by atomic mass is 32.7. The van der Waals surface area contributed by atoms with Crippen molar-refractivity contribution in [3.8, 4) is 0 Å². The van der Waals surface area contributed by atoms with E-state index in [1.165, 1.54) is 25.5 Å². The second kappa shape index (κ2) is 7.87. The van der Waals surface area contributed by atoms with Crippen LogP contribution in [0, 0.1) is 0 Å². The lowest BCUT2D eigenvalue weighted by Crippen LogP contribution is -2.33. The van der Waals surface area contributed by atoms with Crippen LogP contribution in [-0.2, 0) is 19.3 Å². The van der Waals surface area contributed by atoms with Gasteiger partial charge in [-0.15, -0.1) is 4.08 Å². The maximum absolute atomic E-state index is 12.7. The van der Waals surface area contributed by atoms with E-state index in [4.69, 9.17) is 4.74 Å². The molecule has 0 saturated carbocycles. The molecule has 0 aliphatic heterocycles. The second-order valence-corrected chi connectivity index (χ2v) is 11.2. The predicted octanol–water partition coefficient (Wildman–Crippen LogP) is 1.75. The first kappa shape index (κ1) is 18.4. The fourth-order valence-electron chi connectivity index (χ4n) is 1.20. The number of nitrogens with zero attached hydrogens (tertiary/aromatic N) is 1. The van der Waals surface area contributed by atoms with Crippen LogP contribution in [0.5, 0.6) is 0 Å². The number of nitrogens with one attached hydrogen (secondary N) is 1. The van der Waals surface area contributed by atoms with Crippen molar-refractivity contribution in [3.05, 3.63) is 0 Å². The second-order valence-electron chi connectivity index (χ2n) is 3.87. The molecule has 2 unspecified atom stereocenters. The summed E-state index contributed by atoms with van der Waals surface area (Å²) in [4.78, 5) is 0. The Morgan fingerprint density at radius 1 is 1.50 bits per heavy atom. The Labute approximate surface area is 114 Å². The summed E-state index contributed by atoms with van der Waals surface area (Å²) in [5.41, 5.74) is 0. The molecule has 0 spiro atoms. The predicted molar refractivity (Wildman–Crippen MR) is 77.4 cm³/mol. The quantitative estimate of drug-likeness (QED) is 0.653. The maximum Gasteiger partial charge on any atom is 0.282 e. The summed E-state index contributed by atoms with van der Waals surface area (Å²) in [5.74, 6) is 0. The Hall–Kier alpha value is 0.410. The van der Waals surface area contributed by atoms with Gasteiger partial charge in [-0.3, -0.25) is 4.57 Å². The van der Waals surface area contributed by atoms with E-state index in [9.17, 15) is 13.0 Å². The van der Waals surface area contributed by atoms with Gasteiger partial charge in [0.1, 0.15) is 0 Å². The van der Waals surface area contributed by atoms with Gasteiger partial charge >= 0.3 is 0 Å². The minimum Gasteiger partial charge on any atom is -0.383 e. The van der Waals surface area contributed by atoms with E-state index in [0.29, 0.717) is 0 Å². The zero-order valence-electron chi connectivity index (χ0n) is 11.5. The minimum absolute atomic E-state index is 0.0802. The minimum atomic E-state index is -3.55. The Morgan fingerprint density at radius 3 is 2.39 bits per heavy atom. The van der Waals surface area contributed by atoms with E-state index >= 15 is 0 Å². The Kier molecular flexibility index (Phi) is 8.05. The fourth-order valence-corrected chi connectivity index (χ4v) is 9.05. The van der Waals surface area contributed by atoms with Crippen LogP contribution in [-0.4, -0.2) is 51.3 Å². The summed E-state index contributed by atoms with van der Waals surface area (Å²) < 4.78 is 42.2. The van der Waals surface area contributed by atoms with Crippen LogP contribution >= 0.6 is 18.0 Å². The van der Waals surface area contributed by atoms with Crippen molar-refractivity contribution >= 4 is 28.1 Å². The van der Waals surface area contributed by atoms with Gasteiger partial charge < -0.3 is 4.74 Å². The molecule has 0 radical (unpaired) electrons. The van der Waals surface area contributed by atoms with Gasteiger partial charge in [0.2, 0.25) is 10.0 Å². The molecule has 0 saturated heterocycles. The SMILES string of the molecule is CCC(C)SP(=O)(NC)N(CCOC)S(C)(=O)=O. The van der Waals surface area contributed by atoms with Gasteiger partial charge in [0.05, 0.1) is 12.9 Å². The van der Waals surface area contributed by atoms with Crippen LogP contribution < -0.4 is 5.09 Å². The number of methoxy groups -OCH3 is 1. The van der Waals surface area contributed by atoms with E-state index in [2.05, 4.69) is 5.09 Å². The topological polar surface area (TPSA) is 75.7 Å². The van der Waals surface area contributed by atoms with Gasteiger partial charge in [-0.2, -0.15) is 0 Å². The third kappa shape index (κ3) is 5.59. The molecule has 6 nitrogen and oxygen atoms in total. The first-order valence-electron chi connectivity index (χ1n) is 5.65. The van der Waals surface area contributed by atoms with Crippen molar-refractivity contribution in [1.82, 2.24) is 9.16 Å². The van der Waals surface area contributed by atoms with Crippen LogP contribution in [0.1, 0.15) is 20.3 Å². The zero-order chi connectivity index (χ0) is 14.4. The van der Waals surface area contributed by atoms with Crippen molar-refractivity contribution < 1.29 is 17.7 Å². The summed E-state index contributed by atoms with van der Waals surface area (Å²) >= 11 is 1.17. The summed E-state index contributed by atoms with van der Waals surface area (Å²) in [7, 11) is -0.560. The lowest BCUT2D eigenvalue weighted by Gasteiger charge is -2.29. The molecular formula is C9H23N2O4PS2. The van der Waals surface area contributed by atoms with Gasteiger partial charge in [-0.25, -0.2) is 13.5 Å². The van der Waals surface area contributed by atoms with Crippen LogP contribution in [0.15, 0.2) is 0 Å². The molecule has 0 aliphatic carbocycles. The average molecular weight is 318 g/mol. The van der Waals surface area contributed by atoms with Gasteiger partial charge in [0.15, 0.2) is 0 Å². The third-order valence-electron chi connectivity index (χ3n) is 2.34. The van der Waals surface area contributed by atoms with E-state index < -0.39 is 16.7 Å². The summed E-state index contributed by atoms with van der Waals surface area (Å²) in [5, 5.41) is 2.78. The Bertz CT molecular complexity index is 388. The van der Waals surface area contributed by atoms with Crippen LogP contribution in [0.2, 0.25) is 0 Å². The molecule has 0 aromatic heterocycles. The number of hydrogen-bond acceptors (Lipinski definition) is 5. The van der Waals surface area contributed by atoms with E-state index in [-0.39, 0.29) is 18.4 Å². The largest absolute Gasteiger partial charge is 0.383 e. The molecule has 1 N–H and O–H groups in total. The molecule has 0 aromatic carbocycles. The molecule has 18 heavy (non-hydrogen) atoms.